The van der Waals surface area contributed by atoms with Gasteiger partial charge in [-0.3, -0.25) is 4.79 Å². The fraction of sp³-hybridized carbons (Fsp3) is 0.0714. The van der Waals surface area contributed by atoms with Gasteiger partial charge in [0.05, 0.1) is 0 Å². The normalized spacial score (nSPS) is 10.8. The van der Waals surface area contributed by atoms with Gasteiger partial charge in [0.25, 0.3) is 0 Å². The molecule has 86 valence electrons. The molecular formula is C14H13NO2. The second-order valence-corrected chi connectivity index (χ2v) is 3.55. The zero-order valence-electron chi connectivity index (χ0n) is 9.35. The molecule has 1 heterocycles. The van der Waals surface area contributed by atoms with Crippen LogP contribution in [0.3, 0.4) is 0 Å². The Kier molecular flexibility index (Phi) is 3.40. The molecule has 2 rings (SSSR count). The van der Waals surface area contributed by atoms with E-state index in [1.807, 2.05) is 30.3 Å². The topological polar surface area (TPSA) is 42.2 Å². The number of nitrogens with one attached hydrogen (secondary N) is 1. The van der Waals surface area contributed by atoms with Crippen molar-refractivity contribution < 1.29 is 9.21 Å². The van der Waals surface area contributed by atoms with Gasteiger partial charge in [0.1, 0.15) is 11.3 Å². The number of carbonyl (C=O) groups excluding carboxylic acids is 1. The highest BCUT2D eigenvalue weighted by Gasteiger charge is 2.00. The summed E-state index contributed by atoms with van der Waals surface area (Å²) in [5.41, 5.74) is 0.818. The molecule has 0 unspecified atom stereocenters. The molecule has 1 aromatic heterocycles. The Balaban J connectivity index is 2.10. The Hall–Kier alpha value is -2.29. The molecule has 1 amide bonds. The standard InChI is InChI=1S/C14H13NO2/c1-2-9-15-14(16)8-7-12-10-11-5-3-4-6-13(11)17-12/h2-8,10H,1,9H2,(H,15,16)/b8-7+. The fourth-order valence-electron chi connectivity index (χ4n) is 1.47. The second-order valence-electron chi connectivity index (χ2n) is 3.55. The fourth-order valence-corrected chi connectivity index (χ4v) is 1.47. The molecule has 3 heteroatoms. The maximum Gasteiger partial charge on any atom is 0.244 e. The molecule has 2 aromatic rings. The van der Waals surface area contributed by atoms with Crippen LogP contribution in [0.25, 0.3) is 17.0 Å². The van der Waals surface area contributed by atoms with Gasteiger partial charge in [-0.2, -0.15) is 0 Å². The van der Waals surface area contributed by atoms with Crippen LogP contribution in [-0.4, -0.2) is 12.5 Å². The highest BCUT2D eigenvalue weighted by Crippen LogP contribution is 2.19. The lowest BCUT2D eigenvalue weighted by molar-refractivity contribution is -0.116. The number of fused-ring (bicyclic) bond motifs is 1. The molecular weight excluding hydrogens is 214 g/mol. The van der Waals surface area contributed by atoms with Crippen molar-refractivity contribution in [1.82, 2.24) is 5.32 Å². The highest BCUT2D eigenvalue weighted by atomic mass is 16.3. The summed E-state index contributed by atoms with van der Waals surface area (Å²) >= 11 is 0. The van der Waals surface area contributed by atoms with Gasteiger partial charge in [-0.25, -0.2) is 0 Å². The minimum Gasteiger partial charge on any atom is -0.457 e. The van der Waals surface area contributed by atoms with Crippen LogP contribution in [0.2, 0.25) is 0 Å². The van der Waals surface area contributed by atoms with Crippen LogP contribution >= 0.6 is 0 Å². The molecule has 0 aliphatic carbocycles. The second kappa shape index (κ2) is 5.16. The Morgan fingerprint density at radius 1 is 1.41 bits per heavy atom. The predicted octanol–water partition coefficient (Wildman–Crippen LogP) is 2.75. The first-order valence-corrected chi connectivity index (χ1v) is 5.35. The van der Waals surface area contributed by atoms with Crippen LogP contribution in [0.1, 0.15) is 5.76 Å². The summed E-state index contributed by atoms with van der Waals surface area (Å²) in [5, 5.41) is 3.68. The summed E-state index contributed by atoms with van der Waals surface area (Å²) in [7, 11) is 0. The lowest BCUT2D eigenvalue weighted by atomic mass is 10.2. The summed E-state index contributed by atoms with van der Waals surface area (Å²) in [6.45, 7) is 3.98. The molecule has 0 spiro atoms. The first kappa shape index (κ1) is 11.2. The monoisotopic (exact) mass is 227 g/mol. The van der Waals surface area contributed by atoms with Crippen molar-refractivity contribution in [2.75, 3.05) is 6.54 Å². The molecule has 0 aliphatic heterocycles. The number of amides is 1. The van der Waals surface area contributed by atoms with Crippen molar-refractivity contribution in [3.63, 3.8) is 0 Å². The first-order chi connectivity index (χ1) is 8.29. The van der Waals surface area contributed by atoms with Gasteiger partial charge in [-0.1, -0.05) is 24.3 Å². The molecule has 0 radical (unpaired) electrons. The molecule has 0 fully saturated rings. The third-order valence-electron chi connectivity index (χ3n) is 2.26. The Bertz CT molecular complexity index is 533. The lowest BCUT2D eigenvalue weighted by Crippen LogP contribution is -2.20. The Morgan fingerprint density at radius 2 is 2.24 bits per heavy atom. The van der Waals surface area contributed by atoms with Crippen molar-refractivity contribution >= 4 is 23.0 Å². The quantitative estimate of drug-likeness (QED) is 0.644. The molecule has 1 aromatic carbocycles. The molecule has 0 aliphatic rings. The van der Waals surface area contributed by atoms with E-state index >= 15 is 0 Å². The maximum atomic E-state index is 11.3. The van der Waals surface area contributed by atoms with Gasteiger partial charge in [0, 0.05) is 18.0 Å². The Labute approximate surface area is 99.4 Å². The highest BCUT2D eigenvalue weighted by molar-refractivity contribution is 5.92. The minimum atomic E-state index is -0.162. The van der Waals surface area contributed by atoms with E-state index in [1.54, 1.807) is 12.2 Å². The Morgan fingerprint density at radius 3 is 3.00 bits per heavy atom. The van der Waals surface area contributed by atoms with E-state index in [9.17, 15) is 4.79 Å². The van der Waals surface area contributed by atoms with E-state index in [4.69, 9.17) is 4.42 Å². The predicted molar refractivity (Wildman–Crippen MR) is 68.5 cm³/mol. The van der Waals surface area contributed by atoms with Crippen molar-refractivity contribution in [3.05, 3.63) is 54.8 Å². The van der Waals surface area contributed by atoms with Crippen molar-refractivity contribution in [3.8, 4) is 0 Å². The average Bonchev–Trinajstić information content (AvgIpc) is 2.76. The SMILES string of the molecule is C=CCNC(=O)/C=C/c1cc2ccccc2o1. The van der Waals surface area contributed by atoms with Gasteiger partial charge >= 0.3 is 0 Å². The van der Waals surface area contributed by atoms with Crippen molar-refractivity contribution in [2.24, 2.45) is 0 Å². The van der Waals surface area contributed by atoms with Crippen LogP contribution in [0.5, 0.6) is 0 Å². The van der Waals surface area contributed by atoms with Crippen molar-refractivity contribution in [2.45, 2.75) is 0 Å². The maximum absolute atomic E-state index is 11.3. The third-order valence-corrected chi connectivity index (χ3v) is 2.26. The van der Waals surface area contributed by atoms with Crippen molar-refractivity contribution in [1.29, 1.82) is 0 Å². The number of furan rings is 1. The van der Waals surface area contributed by atoms with E-state index in [2.05, 4.69) is 11.9 Å². The summed E-state index contributed by atoms with van der Waals surface area (Å²) in [6.07, 6.45) is 4.73. The molecule has 1 N–H and O–H groups in total. The summed E-state index contributed by atoms with van der Waals surface area (Å²) in [4.78, 5) is 11.3. The molecule has 17 heavy (non-hydrogen) atoms. The largest absolute Gasteiger partial charge is 0.457 e. The number of rotatable bonds is 4. The third kappa shape index (κ3) is 2.84. The van der Waals surface area contributed by atoms with E-state index in [1.165, 1.54) is 6.08 Å². The number of hydrogen-bond acceptors (Lipinski definition) is 2. The van der Waals surface area contributed by atoms with Crippen LogP contribution in [0, 0.1) is 0 Å². The van der Waals surface area contributed by atoms with Gasteiger partial charge < -0.3 is 9.73 Å². The molecule has 0 saturated carbocycles. The average molecular weight is 227 g/mol. The summed E-state index contributed by atoms with van der Waals surface area (Å²) in [6, 6.07) is 9.61. The van der Waals surface area contributed by atoms with Gasteiger partial charge in [-0.15, -0.1) is 6.58 Å². The first-order valence-electron chi connectivity index (χ1n) is 5.35. The molecule has 3 nitrogen and oxygen atoms in total. The number of para-hydroxylation sites is 1. The minimum absolute atomic E-state index is 0.162. The number of hydrogen-bond donors (Lipinski definition) is 1. The molecule has 0 saturated heterocycles. The van der Waals surface area contributed by atoms with Crippen LogP contribution in [0.15, 0.2) is 53.5 Å². The zero-order valence-corrected chi connectivity index (χ0v) is 9.35. The number of carbonyl (C=O) groups is 1. The van der Waals surface area contributed by atoms with Crippen LogP contribution < -0.4 is 5.32 Å². The van der Waals surface area contributed by atoms with E-state index in [-0.39, 0.29) is 5.91 Å². The number of benzene rings is 1. The molecule has 0 atom stereocenters. The van der Waals surface area contributed by atoms with Gasteiger partial charge in [-0.05, 0) is 18.2 Å². The smallest absolute Gasteiger partial charge is 0.244 e. The summed E-state index contributed by atoms with van der Waals surface area (Å²) < 4.78 is 5.54. The van der Waals surface area contributed by atoms with E-state index in [0.717, 1.165) is 11.0 Å². The van der Waals surface area contributed by atoms with E-state index < -0.39 is 0 Å². The zero-order chi connectivity index (χ0) is 12.1. The lowest BCUT2D eigenvalue weighted by Gasteiger charge is -1.93. The molecule has 0 bridgehead atoms. The van der Waals surface area contributed by atoms with Gasteiger partial charge in [0.2, 0.25) is 5.91 Å². The summed E-state index contributed by atoms with van der Waals surface area (Å²) in [5.74, 6) is 0.505. The van der Waals surface area contributed by atoms with Crippen LogP contribution in [-0.2, 0) is 4.79 Å². The van der Waals surface area contributed by atoms with Gasteiger partial charge in [0.15, 0.2) is 0 Å². The van der Waals surface area contributed by atoms with Crippen LogP contribution in [0.4, 0.5) is 0 Å². The van der Waals surface area contributed by atoms with E-state index in [0.29, 0.717) is 12.3 Å².